The number of methoxy groups -OCH3 is 1. The number of ether oxygens (including phenoxy) is 1. The first-order valence-electron chi connectivity index (χ1n) is 12.3. The molecule has 0 spiro atoms. The van der Waals surface area contributed by atoms with Crippen molar-refractivity contribution in [3.63, 3.8) is 0 Å². The molecule has 5 rings (SSSR count). The zero-order chi connectivity index (χ0) is 26.1. The molecule has 1 aliphatic rings. The first-order valence-corrected chi connectivity index (χ1v) is 13.8. The number of para-hydroxylation sites is 1. The van der Waals surface area contributed by atoms with E-state index in [1.165, 1.54) is 24.9 Å². The van der Waals surface area contributed by atoms with E-state index in [-0.39, 0.29) is 5.91 Å². The normalized spacial score (nSPS) is 13.5. The van der Waals surface area contributed by atoms with Gasteiger partial charge in [-0.1, -0.05) is 54.2 Å². The molecule has 37 heavy (non-hydrogen) atoms. The highest BCUT2D eigenvalue weighted by molar-refractivity contribution is 7.17. The lowest BCUT2D eigenvalue weighted by Gasteiger charge is -2.16. The average Bonchev–Trinajstić information content (AvgIpc) is 3.18. The standard InChI is InChI=1S/C29H26Cl2N2O3S/c1-16-24(19-9-7-8-11-22(19)32-26(16)18-14-13-17(30)15-21(18)31)27(34)33-28-25(29(35)36-2)20-10-5-3-4-6-12-23(20)37-28/h7-9,11,13-15H,3-6,10,12H2,1-2H3,(H,33,34). The lowest BCUT2D eigenvalue weighted by Crippen LogP contribution is -2.17. The summed E-state index contributed by atoms with van der Waals surface area (Å²) in [5, 5.41) is 5.31. The van der Waals surface area contributed by atoms with Gasteiger partial charge in [0.1, 0.15) is 5.00 Å². The van der Waals surface area contributed by atoms with Crippen molar-refractivity contribution < 1.29 is 14.3 Å². The van der Waals surface area contributed by atoms with Crippen LogP contribution in [0.4, 0.5) is 5.00 Å². The minimum absolute atomic E-state index is 0.304. The summed E-state index contributed by atoms with van der Waals surface area (Å²) >= 11 is 14.1. The maximum Gasteiger partial charge on any atom is 0.341 e. The van der Waals surface area contributed by atoms with E-state index in [0.717, 1.165) is 47.9 Å². The molecule has 4 aromatic rings. The monoisotopic (exact) mass is 552 g/mol. The number of nitrogens with one attached hydrogen (secondary N) is 1. The summed E-state index contributed by atoms with van der Waals surface area (Å²) < 4.78 is 5.14. The second kappa shape index (κ2) is 10.8. The van der Waals surface area contributed by atoms with Crippen LogP contribution in [-0.4, -0.2) is 24.0 Å². The zero-order valence-electron chi connectivity index (χ0n) is 20.6. The predicted molar refractivity (Wildman–Crippen MR) is 151 cm³/mol. The summed E-state index contributed by atoms with van der Waals surface area (Å²) in [4.78, 5) is 32.8. The van der Waals surface area contributed by atoms with Crippen molar-refractivity contribution in [1.82, 2.24) is 4.98 Å². The molecule has 0 bridgehead atoms. The number of aryl methyl sites for hydroxylation is 1. The summed E-state index contributed by atoms with van der Waals surface area (Å²) in [6, 6.07) is 12.7. The van der Waals surface area contributed by atoms with Gasteiger partial charge in [0.25, 0.3) is 5.91 Å². The molecule has 1 amide bonds. The van der Waals surface area contributed by atoms with Gasteiger partial charge in [0, 0.05) is 20.8 Å². The molecule has 2 aromatic heterocycles. The number of anilines is 1. The number of fused-ring (bicyclic) bond motifs is 2. The van der Waals surface area contributed by atoms with Gasteiger partial charge < -0.3 is 10.1 Å². The highest BCUT2D eigenvalue weighted by atomic mass is 35.5. The van der Waals surface area contributed by atoms with E-state index in [1.807, 2.05) is 37.3 Å². The third kappa shape index (κ3) is 4.98. The molecule has 5 nitrogen and oxygen atoms in total. The van der Waals surface area contributed by atoms with Crippen molar-refractivity contribution in [3.8, 4) is 11.3 Å². The van der Waals surface area contributed by atoms with E-state index < -0.39 is 5.97 Å². The van der Waals surface area contributed by atoms with Crippen LogP contribution in [0.15, 0.2) is 42.5 Å². The summed E-state index contributed by atoms with van der Waals surface area (Å²) in [5.74, 6) is -0.722. The van der Waals surface area contributed by atoms with Crippen LogP contribution in [0.3, 0.4) is 0 Å². The van der Waals surface area contributed by atoms with Crippen molar-refractivity contribution in [2.45, 2.75) is 45.4 Å². The van der Waals surface area contributed by atoms with E-state index in [4.69, 9.17) is 32.9 Å². The Morgan fingerprint density at radius 2 is 1.76 bits per heavy atom. The van der Waals surface area contributed by atoms with Crippen molar-refractivity contribution in [3.05, 3.63) is 79.6 Å². The summed E-state index contributed by atoms with van der Waals surface area (Å²) in [6.45, 7) is 1.86. The molecule has 0 aliphatic heterocycles. The Balaban J connectivity index is 1.64. The van der Waals surface area contributed by atoms with Gasteiger partial charge in [0.2, 0.25) is 0 Å². The third-order valence-corrected chi connectivity index (χ3v) is 8.59. The molecule has 0 unspecified atom stereocenters. The van der Waals surface area contributed by atoms with Gasteiger partial charge in [-0.15, -0.1) is 11.3 Å². The lowest BCUT2D eigenvalue weighted by atomic mass is 9.96. The molecule has 190 valence electrons. The number of thiophene rings is 1. The molecule has 0 saturated heterocycles. The van der Waals surface area contributed by atoms with Gasteiger partial charge in [0.15, 0.2) is 0 Å². The number of rotatable bonds is 4. The average molecular weight is 554 g/mol. The number of hydrogen-bond donors (Lipinski definition) is 1. The number of carbonyl (C=O) groups is 2. The molecule has 2 heterocycles. The van der Waals surface area contributed by atoms with Crippen LogP contribution in [-0.2, 0) is 17.6 Å². The molecule has 1 N–H and O–H groups in total. The molecular weight excluding hydrogens is 527 g/mol. The van der Waals surface area contributed by atoms with E-state index in [0.29, 0.717) is 48.5 Å². The third-order valence-electron chi connectivity index (χ3n) is 6.84. The number of benzene rings is 2. The summed E-state index contributed by atoms with van der Waals surface area (Å²) in [5.41, 5.74) is 4.64. The molecule has 0 saturated carbocycles. The van der Waals surface area contributed by atoms with Gasteiger partial charge in [-0.3, -0.25) is 4.79 Å². The molecule has 1 aliphatic carbocycles. The van der Waals surface area contributed by atoms with Crippen molar-refractivity contribution in [1.29, 1.82) is 0 Å². The number of esters is 1. The Labute approximate surface area is 229 Å². The number of halogens is 2. The minimum Gasteiger partial charge on any atom is -0.465 e. The minimum atomic E-state index is -0.418. The fourth-order valence-electron chi connectivity index (χ4n) is 5.03. The van der Waals surface area contributed by atoms with Crippen LogP contribution in [0.5, 0.6) is 0 Å². The Morgan fingerprint density at radius 1 is 1.00 bits per heavy atom. The number of hydrogen-bond acceptors (Lipinski definition) is 5. The zero-order valence-corrected chi connectivity index (χ0v) is 22.9. The highest BCUT2D eigenvalue weighted by Crippen LogP contribution is 2.39. The molecule has 0 radical (unpaired) electrons. The first-order chi connectivity index (χ1) is 17.9. The van der Waals surface area contributed by atoms with Gasteiger partial charge in [-0.2, -0.15) is 0 Å². The fourth-order valence-corrected chi connectivity index (χ4v) is 6.81. The van der Waals surface area contributed by atoms with Crippen LogP contribution in [0.25, 0.3) is 22.2 Å². The molecular formula is C29H26Cl2N2O3S. The van der Waals surface area contributed by atoms with Crippen LogP contribution < -0.4 is 5.32 Å². The predicted octanol–water partition coefficient (Wildman–Crippen LogP) is 8.28. The van der Waals surface area contributed by atoms with Crippen LogP contribution in [0, 0.1) is 6.92 Å². The van der Waals surface area contributed by atoms with E-state index in [9.17, 15) is 9.59 Å². The summed E-state index contributed by atoms with van der Waals surface area (Å²) in [7, 11) is 1.38. The van der Waals surface area contributed by atoms with E-state index in [2.05, 4.69) is 5.32 Å². The SMILES string of the molecule is COC(=O)c1c(NC(=O)c2c(C)c(-c3ccc(Cl)cc3Cl)nc3ccccc23)sc2c1CCCCCC2. The van der Waals surface area contributed by atoms with Gasteiger partial charge in [-0.25, -0.2) is 9.78 Å². The Morgan fingerprint density at radius 3 is 2.51 bits per heavy atom. The maximum atomic E-state index is 13.9. The quantitative estimate of drug-likeness (QED) is 0.258. The molecule has 0 fully saturated rings. The largest absolute Gasteiger partial charge is 0.465 e. The maximum absolute atomic E-state index is 13.9. The van der Waals surface area contributed by atoms with E-state index >= 15 is 0 Å². The van der Waals surface area contributed by atoms with Crippen molar-refractivity contribution in [2.75, 3.05) is 12.4 Å². The van der Waals surface area contributed by atoms with Crippen LogP contribution in [0.1, 0.15) is 62.4 Å². The fraction of sp³-hybridized carbons (Fsp3) is 0.276. The number of pyridine rings is 1. The Kier molecular flexibility index (Phi) is 7.52. The van der Waals surface area contributed by atoms with E-state index in [1.54, 1.807) is 12.1 Å². The number of aromatic nitrogens is 1. The first kappa shape index (κ1) is 25.7. The van der Waals surface area contributed by atoms with Crippen LogP contribution in [0.2, 0.25) is 10.0 Å². The Bertz CT molecular complexity index is 1530. The second-order valence-corrected chi connectivity index (χ2v) is 11.1. The second-order valence-electron chi connectivity index (χ2n) is 9.17. The lowest BCUT2D eigenvalue weighted by molar-refractivity contribution is 0.0601. The molecule has 2 aromatic carbocycles. The Hall–Kier alpha value is -2.93. The number of nitrogens with zero attached hydrogens (tertiary/aromatic N) is 1. The number of amides is 1. The molecule has 8 heteroatoms. The van der Waals surface area contributed by atoms with Crippen LogP contribution >= 0.6 is 34.5 Å². The van der Waals surface area contributed by atoms with Crippen molar-refractivity contribution >= 4 is 62.3 Å². The smallest absolute Gasteiger partial charge is 0.341 e. The highest BCUT2D eigenvalue weighted by Gasteiger charge is 2.28. The van der Waals surface area contributed by atoms with Gasteiger partial charge in [-0.05, 0) is 68.0 Å². The van der Waals surface area contributed by atoms with Crippen molar-refractivity contribution in [2.24, 2.45) is 0 Å². The van der Waals surface area contributed by atoms with Gasteiger partial charge in [0.05, 0.1) is 34.5 Å². The number of carbonyl (C=O) groups excluding carboxylic acids is 2. The summed E-state index contributed by atoms with van der Waals surface area (Å²) in [6.07, 6.45) is 6.10. The van der Waals surface area contributed by atoms with Gasteiger partial charge >= 0.3 is 5.97 Å². The topological polar surface area (TPSA) is 68.3 Å². The molecule has 0 atom stereocenters.